The molecule has 0 bridgehead atoms. The van der Waals surface area contributed by atoms with Crippen molar-refractivity contribution in [3.63, 3.8) is 0 Å². The summed E-state index contributed by atoms with van der Waals surface area (Å²) >= 11 is 0. The lowest BCUT2D eigenvalue weighted by molar-refractivity contribution is 0.230. The summed E-state index contributed by atoms with van der Waals surface area (Å²) in [4.78, 5) is 0. The number of hydrogen-bond donors (Lipinski definition) is 0. The van der Waals surface area contributed by atoms with Crippen molar-refractivity contribution >= 4 is 10.8 Å². The van der Waals surface area contributed by atoms with Gasteiger partial charge in [-0.3, -0.25) is 4.21 Å². The first-order valence-electron chi connectivity index (χ1n) is 7.49. The molecule has 1 aliphatic carbocycles. The smallest absolute Gasteiger partial charge is 0.0873 e. The van der Waals surface area contributed by atoms with Gasteiger partial charge in [-0.05, 0) is 62.9 Å². The fourth-order valence-corrected chi connectivity index (χ4v) is 4.48. The summed E-state index contributed by atoms with van der Waals surface area (Å²) in [5, 5.41) is 0. The average Bonchev–Trinajstić information content (AvgIpc) is 2.78. The van der Waals surface area contributed by atoms with E-state index in [1.54, 1.807) is 0 Å². The van der Waals surface area contributed by atoms with Crippen LogP contribution in [0.15, 0.2) is 11.8 Å². The Balaban J connectivity index is 1.56. The van der Waals surface area contributed by atoms with Crippen LogP contribution in [0.4, 0.5) is 0 Å². The van der Waals surface area contributed by atoms with E-state index < -0.39 is 10.8 Å². The van der Waals surface area contributed by atoms with Crippen LogP contribution in [-0.2, 0) is 15.5 Å². The van der Waals surface area contributed by atoms with Gasteiger partial charge in [0.15, 0.2) is 0 Å². The number of allylic oxidation sites excluding steroid dienone is 1. The van der Waals surface area contributed by atoms with E-state index in [-0.39, 0.29) is 0 Å². The van der Waals surface area contributed by atoms with Crippen LogP contribution in [0.1, 0.15) is 57.8 Å². The molecule has 0 aromatic rings. The second-order valence-corrected chi connectivity index (χ2v) is 7.29. The highest BCUT2D eigenvalue weighted by atomic mass is 32.2. The molecular formula is C15H26O2S. The van der Waals surface area contributed by atoms with Crippen LogP contribution in [-0.4, -0.2) is 22.3 Å². The molecule has 1 heterocycles. The molecule has 2 atom stereocenters. The van der Waals surface area contributed by atoms with Crippen LogP contribution < -0.4 is 0 Å². The highest BCUT2D eigenvalue weighted by Crippen LogP contribution is 2.24. The Morgan fingerprint density at radius 3 is 2.89 bits per heavy atom. The Labute approximate surface area is 114 Å². The summed E-state index contributed by atoms with van der Waals surface area (Å²) in [6, 6.07) is 0. The molecule has 0 aromatic heterocycles. The summed E-state index contributed by atoms with van der Waals surface area (Å²) < 4.78 is 17.3. The second-order valence-electron chi connectivity index (χ2n) is 5.67. The lowest BCUT2D eigenvalue weighted by Gasteiger charge is -2.12. The molecule has 0 radical (unpaired) electrons. The quantitative estimate of drug-likeness (QED) is 0.561. The molecule has 2 nitrogen and oxygen atoms in total. The number of rotatable bonds is 5. The van der Waals surface area contributed by atoms with Crippen molar-refractivity contribution in [1.29, 1.82) is 0 Å². The van der Waals surface area contributed by atoms with Crippen LogP contribution in [0.25, 0.3) is 0 Å². The van der Waals surface area contributed by atoms with Crippen LogP contribution >= 0.6 is 0 Å². The maximum atomic E-state index is 11.6. The summed E-state index contributed by atoms with van der Waals surface area (Å²) in [7, 11) is -0.550. The van der Waals surface area contributed by atoms with Gasteiger partial charge in [0.1, 0.15) is 0 Å². The summed E-state index contributed by atoms with van der Waals surface area (Å²) in [5.41, 5.74) is 1.49. The molecule has 1 saturated carbocycles. The topological polar surface area (TPSA) is 26.3 Å². The van der Waals surface area contributed by atoms with E-state index in [0.29, 0.717) is 5.92 Å². The fourth-order valence-electron chi connectivity index (χ4n) is 2.93. The number of ether oxygens (including phenoxy) is 1. The molecule has 18 heavy (non-hydrogen) atoms. The van der Waals surface area contributed by atoms with Gasteiger partial charge in [0.25, 0.3) is 0 Å². The molecule has 1 saturated heterocycles. The first kappa shape index (κ1) is 14.1. The van der Waals surface area contributed by atoms with E-state index in [9.17, 15) is 4.21 Å². The minimum Gasteiger partial charge on any atom is -0.501 e. The van der Waals surface area contributed by atoms with Crippen molar-refractivity contribution < 1.29 is 8.95 Å². The Kier molecular flexibility index (Phi) is 6.25. The first-order chi connectivity index (χ1) is 8.84. The molecule has 2 aliphatic rings. The van der Waals surface area contributed by atoms with Crippen molar-refractivity contribution in [3.05, 3.63) is 11.8 Å². The third-order valence-electron chi connectivity index (χ3n) is 4.03. The molecule has 1 aliphatic heterocycles. The van der Waals surface area contributed by atoms with Crippen molar-refractivity contribution in [3.8, 4) is 0 Å². The normalized spacial score (nSPS) is 29.0. The van der Waals surface area contributed by atoms with Crippen LogP contribution in [0.3, 0.4) is 0 Å². The van der Waals surface area contributed by atoms with Gasteiger partial charge in [-0.25, -0.2) is 0 Å². The number of hydrogen-bond acceptors (Lipinski definition) is 2. The van der Waals surface area contributed by atoms with Gasteiger partial charge in [-0.1, -0.05) is 6.42 Å². The minimum atomic E-state index is -0.550. The lowest BCUT2D eigenvalue weighted by Crippen LogP contribution is -2.10. The molecule has 104 valence electrons. The SMILES string of the molecule is O=S1CCCCC(CCCOC=C2CCCC2)C1. The highest BCUT2D eigenvalue weighted by molar-refractivity contribution is 7.84. The van der Waals surface area contributed by atoms with Crippen molar-refractivity contribution in [2.45, 2.75) is 57.8 Å². The standard InChI is InChI=1S/C15H26O2S/c16-18-11-4-3-8-15(13-18)9-5-10-17-12-14-6-1-2-7-14/h12,15H,1-11,13H2. The Bertz CT molecular complexity index is 291. The van der Waals surface area contributed by atoms with Crippen molar-refractivity contribution in [2.75, 3.05) is 18.1 Å². The third kappa shape index (κ3) is 5.13. The molecule has 2 fully saturated rings. The predicted molar refractivity (Wildman–Crippen MR) is 77.0 cm³/mol. The van der Waals surface area contributed by atoms with Gasteiger partial charge in [0.2, 0.25) is 0 Å². The van der Waals surface area contributed by atoms with Gasteiger partial charge in [-0.15, -0.1) is 0 Å². The predicted octanol–water partition coefficient (Wildman–Crippen LogP) is 3.79. The molecule has 2 rings (SSSR count). The highest BCUT2D eigenvalue weighted by Gasteiger charge is 2.16. The molecule has 0 spiro atoms. The second kappa shape index (κ2) is 7.98. The molecule has 2 unspecified atom stereocenters. The Hall–Kier alpha value is -0.310. The van der Waals surface area contributed by atoms with E-state index in [1.807, 2.05) is 6.26 Å². The van der Waals surface area contributed by atoms with Crippen LogP contribution in [0.2, 0.25) is 0 Å². The summed E-state index contributed by atoms with van der Waals surface area (Å²) in [5.74, 6) is 2.54. The zero-order valence-corrected chi connectivity index (χ0v) is 12.2. The zero-order valence-electron chi connectivity index (χ0n) is 11.4. The summed E-state index contributed by atoms with van der Waals surface area (Å²) in [6.07, 6.45) is 13.1. The van der Waals surface area contributed by atoms with Gasteiger partial charge in [0.05, 0.1) is 12.9 Å². The zero-order chi connectivity index (χ0) is 12.6. The van der Waals surface area contributed by atoms with E-state index >= 15 is 0 Å². The van der Waals surface area contributed by atoms with Crippen LogP contribution in [0, 0.1) is 5.92 Å². The Morgan fingerprint density at radius 1 is 1.22 bits per heavy atom. The largest absolute Gasteiger partial charge is 0.501 e. The van der Waals surface area contributed by atoms with E-state index in [4.69, 9.17) is 4.74 Å². The Morgan fingerprint density at radius 2 is 2.06 bits per heavy atom. The molecule has 0 amide bonds. The van der Waals surface area contributed by atoms with E-state index in [0.717, 1.165) is 31.0 Å². The lowest BCUT2D eigenvalue weighted by atomic mass is 9.99. The molecule has 0 aromatic carbocycles. The monoisotopic (exact) mass is 270 g/mol. The van der Waals surface area contributed by atoms with E-state index in [1.165, 1.54) is 50.5 Å². The third-order valence-corrected chi connectivity index (χ3v) is 5.61. The molecular weight excluding hydrogens is 244 g/mol. The molecule has 0 N–H and O–H groups in total. The maximum Gasteiger partial charge on any atom is 0.0873 e. The van der Waals surface area contributed by atoms with Gasteiger partial charge >= 0.3 is 0 Å². The van der Waals surface area contributed by atoms with Crippen LogP contribution in [0.5, 0.6) is 0 Å². The van der Waals surface area contributed by atoms with Gasteiger partial charge in [-0.2, -0.15) is 0 Å². The minimum absolute atomic E-state index is 0.550. The van der Waals surface area contributed by atoms with Gasteiger partial charge in [0, 0.05) is 22.3 Å². The van der Waals surface area contributed by atoms with Crippen molar-refractivity contribution in [1.82, 2.24) is 0 Å². The summed E-state index contributed by atoms with van der Waals surface area (Å²) in [6.45, 7) is 0.840. The fraction of sp³-hybridized carbons (Fsp3) is 0.867. The van der Waals surface area contributed by atoms with Gasteiger partial charge < -0.3 is 4.74 Å². The molecule has 3 heteroatoms. The average molecular weight is 270 g/mol. The maximum absolute atomic E-state index is 11.6. The van der Waals surface area contributed by atoms with Crippen molar-refractivity contribution in [2.24, 2.45) is 5.92 Å². The first-order valence-corrected chi connectivity index (χ1v) is 8.98. The van der Waals surface area contributed by atoms with E-state index in [2.05, 4.69) is 0 Å².